The SMILES string of the molecule is CCC(C)c1ccc[c-]1C(c1cccc(C)c1)(c1cccc(C)c1)c1cccc(C)c1.[Cl-].[Cl-].[Cl-].[Ti+4]. The average molecular weight is 560 g/mol. The fourth-order valence-electron chi connectivity index (χ4n) is 5.03. The van der Waals surface area contributed by atoms with Crippen molar-refractivity contribution in [1.82, 2.24) is 0 Å². The van der Waals surface area contributed by atoms with Crippen LogP contribution in [0.4, 0.5) is 0 Å². The Balaban J connectivity index is 0.00000289. The number of hydrogen-bond acceptors (Lipinski definition) is 0. The molecule has 0 aromatic heterocycles. The van der Waals surface area contributed by atoms with E-state index in [0.29, 0.717) is 5.92 Å². The van der Waals surface area contributed by atoms with Gasteiger partial charge in [-0.2, -0.15) is 11.6 Å². The smallest absolute Gasteiger partial charge is 1.00 e. The van der Waals surface area contributed by atoms with Crippen LogP contribution in [0.3, 0.4) is 0 Å². The second kappa shape index (κ2) is 14.4. The molecule has 0 aliphatic heterocycles. The van der Waals surface area contributed by atoms with Gasteiger partial charge >= 0.3 is 21.7 Å². The Hall–Kier alpha value is -1.41. The van der Waals surface area contributed by atoms with Crippen LogP contribution in [0.1, 0.15) is 70.7 Å². The van der Waals surface area contributed by atoms with Crippen LogP contribution in [0.25, 0.3) is 0 Å². The number of hydrogen-bond donors (Lipinski definition) is 0. The van der Waals surface area contributed by atoms with Crippen molar-refractivity contribution in [3.63, 3.8) is 0 Å². The topological polar surface area (TPSA) is 0 Å². The average Bonchev–Trinajstić information content (AvgIpc) is 3.24. The van der Waals surface area contributed by atoms with Gasteiger partial charge in [-0.3, -0.25) is 0 Å². The molecule has 0 aliphatic rings. The first-order chi connectivity index (χ1) is 15.0. The summed E-state index contributed by atoms with van der Waals surface area (Å²) in [5.41, 5.74) is 10.4. The predicted molar refractivity (Wildman–Crippen MR) is 133 cm³/mol. The Morgan fingerprint density at radius 2 is 1.06 bits per heavy atom. The van der Waals surface area contributed by atoms with Crippen molar-refractivity contribution in [2.45, 2.75) is 52.4 Å². The molecule has 0 N–H and O–H groups in total. The van der Waals surface area contributed by atoms with E-state index in [1.54, 1.807) is 0 Å². The molecule has 0 saturated carbocycles. The Labute approximate surface area is 245 Å². The predicted octanol–water partition coefficient (Wildman–Crippen LogP) is -0.764. The fraction of sp³-hybridized carbons (Fsp3) is 0.258. The number of rotatable bonds is 6. The quantitative estimate of drug-likeness (QED) is 0.166. The molecular weight excluding hydrogens is 527 g/mol. The van der Waals surface area contributed by atoms with E-state index in [9.17, 15) is 0 Å². The van der Waals surface area contributed by atoms with Gasteiger partial charge in [0.1, 0.15) is 0 Å². The summed E-state index contributed by atoms with van der Waals surface area (Å²) in [6.45, 7) is 11.2. The molecule has 0 bridgehead atoms. The molecule has 0 saturated heterocycles. The van der Waals surface area contributed by atoms with Crippen molar-refractivity contribution >= 4 is 0 Å². The van der Waals surface area contributed by atoms with Crippen molar-refractivity contribution in [3.8, 4) is 0 Å². The van der Waals surface area contributed by atoms with Crippen molar-refractivity contribution in [2.24, 2.45) is 0 Å². The third-order valence-corrected chi connectivity index (χ3v) is 6.75. The van der Waals surface area contributed by atoms with Gasteiger partial charge in [-0.05, 0) is 43.4 Å². The van der Waals surface area contributed by atoms with Gasteiger partial charge in [0.2, 0.25) is 0 Å². The molecule has 1 atom stereocenters. The Morgan fingerprint density at radius 1 is 0.657 bits per heavy atom. The zero-order valence-electron chi connectivity index (χ0n) is 21.1. The normalized spacial score (nSPS) is 11.2. The number of halogens is 3. The van der Waals surface area contributed by atoms with E-state index < -0.39 is 0 Å². The second-order valence-corrected chi connectivity index (χ2v) is 9.06. The molecule has 0 heterocycles. The van der Waals surface area contributed by atoms with E-state index in [0.717, 1.165) is 6.42 Å². The van der Waals surface area contributed by atoms with Gasteiger partial charge < -0.3 is 37.2 Å². The van der Waals surface area contributed by atoms with Crippen LogP contribution in [0.5, 0.6) is 0 Å². The van der Waals surface area contributed by atoms with Crippen molar-refractivity contribution in [2.75, 3.05) is 0 Å². The molecule has 0 amide bonds. The van der Waals surface area contributed by atoms with Crippen molar-refractivity contribution in [1.29, 1.82) is 0 Å². The maximum atomic E-state index is 2.37. The molecule has 4 aromatic carbocycles. The molecule has 35 heavy (non-hydrogen) atoms. The minimum Gasteiger partial charge on any atom is -1.00 e. The summed E-state index contributed by atoms with van der Waals surface area (Å²) in [6, 6.07) is 34.2. The Kier molecular flexibility index (Phi) is 13.8. The molecule has 0 fully saturated rings. The third-order valence-electron chi connectivity index (χ3n) is 6.75. The summed E-state index contributed by atoms with van der Waals surface area (Å²) in [6.07, 6.45) is 1.13. The van der Waals surface area contributed by atoms with Gasteiger partial charge in [-0.25, -0.2) is 12.1 Å². The summed E-state index contributed by atoms with van der Waals surface area (Å²) in [5.74, 6) is 0.504. The summed E-state index contributed by atoms with van der Waals surface area (Å²) in [5, 5.41) is 0. The zero-order chi connectivity index (χ0) is 22.0. The Morgan fingerprint density at radius 3 is 1.40 bits per heavy atom. The second-order valence-electron chi connectivity index (χ2n) is 9.06. The van der Waals surface area contributed by atoms with Crippen molar-refractivity contribution in [3.05, 3.63) is 136 Å². The minimum atomic E-state index is -0.355. The summed E-state index contributed by atoms with van der Waals surface area (Å²) < 4.78 is 0. The summed E-state index contributed by atoms with van der Waals surface area (Å²) in [7, 11) is 0. The fourth-order valence-corrected chi connectivity index (χ4v) is 5.03. The zero-order valence-corrected chi connectivity index (χ0v) is 24.9. The van der Waals surface area contributed by atoms with Gasteiger partial charge in [0.25, 0.3) is 0 Å². The summed E-state index contributed by atoms with van der Waals surface area (Å²) >= 11 is 0. The van der Waals surface area contributed by atoms with Gasteiger partial charge in [-0.15, -0.1) is 5.56 Å². The third kappa shape index (κ3) is 6.48. The first-order valence-corrected chi connectivity index (χ1v) is 11.4. The molecule has 0 nitrogen and oxygen atoms in total. The number of benzene rings is 3. The molecule has 0 spiro atoms. The van der Waals surface area contributed by atoms with E-state index in [-0.39, 0.29) is 64.4 Å². The van der Waals surface area contributed by atoms with Crippen LogP contribution < -0.4 is 37.2 Å². The van der Waals surface area contributed by atoms with Crippen LogP contribution in [0, 0.1) is 20.8 Å². The van der Waals surface area contributed by atoms with Crippen LogP contribution in [-0.2, 0) is 27.1 Å². The van der Waals surface area contributed by atoms with E-state index in [4.69, 9.17) is 0 Å². The first kappa shape index (κ1) is 33.6. The molecule has 0 aliphatic carbocycles. The van der Waals surface area contributed by atoms with Gasteiger partial charge in [0.05, 0.1) is 0 Å². The standard InChI is InChI=1S/C31H33.3ClH.Ti/c1-6-25(5)29-17-10-18-30(29)31(26-14-7-11-22(2)19-26,27-15-8-12-23(3)20-27)28-16-9-13-24(4)21-28;;;;/h7-21,25H,6H2,1-5H3;3*1H;/q-1;;;;+4/p-3. The molecule has 4 heteroatoms. The van der Waals surface area contributed by atoms with Gasteiger partial charge in [0.15, 0.2) is 0 Å². The van der Waals surface area contributed by atoms with E-state index in [1.165, 1.54) is 44.5 Å². The Bertz CT molecular complexity index is 1080. The van der Waals surface area contributed by atoms with Crippen LogP contribution in [0.15, 0.2) is 91.0 Å². The molecule has 4 aromatic rings. The molecule has 4 rings (SSSR count). The van der Waals surface area contributed by atoms with E-state index in [2.05, 4.69) is 126 Å². The first-order valence-electron chi connectivity index (χ1n) is 11.4. The maximum Gasteiger partial charge on any atom is 4.00 e. The molecule has 0 radical (unpaired) electrons. The van der Waals surface area contributed by atoms with Gasteiger partial charge in [0, 0.05) is 5.41 Å². The maximum absolute atomic E-state index is 2.37. The molecule has 1 unspecified atom stereocenters. The summed E-state index contributed by atoms with van der Waals surface area (Å²) in [4.78, 5) is 0. The van der Waals surface area contributed by atoms with Crippen LogP contribution >= 0.6 is 0 Å². The molecular formula is C31H33Cl3Ti. The largest absolute Gasteiger partial charge is 4.00 e. The minimum absolute atomic E-state index is 0. The van der Waals surface area contributed by atoms with Crippen LogP contribution in [-0.4, -0.2) is 0 Å². The number of aryl methyl sites for hydroxylation is 3. The monoisotopic (exact) mass is 558 g/mol. The van der Waals surface area contributed by atoms with Crippen molar-refractivity contribution < 1.29 is 58.9 Å². The van der Waals surface area contributed by atoms with E-state index in [1.807, 2.05) is 0 Å². The molecule has 182 valence electrons. The van der Waals surface area contributed by atoms with Gasteiger partial charge in [-0.1, -0.05) is 110 Å². The van der Waals surface area contributed by atoms with E-state index >= 15 is 0 Å². The van der Waals surface area contributed by atoms with Crippen LogP contribution in [0.2, 0.25) is 0 Å².